The van der Waals surface area contributed by atoms with Gasteiger partial charge < -0.3 is 10.2 Å². The lowest BCUT2D eigenvalue weighted by Crippen LogP contribution is -2.50. The summed E-state index contributed by atoms with van der Waals surface area (Å²) in [5, 5.41) is 20.4. The van der Waals surface area contributed by atoms with Crippen LogP contribution in [0.4, 0.5) is 0 Å². The molecule has 2 aromatic carbocycles. The number of Topliss-reactive ketones (excluding diaryl/α,β-unsaturated/α-hetero) is 1. The Morgan fingerprint density at radius 3 is 2.19 bits per heavy atom. The quantitative estimate of drug-likeness (QED) is 0.835. The summed E-state index contributed by atoms with van der Waals surface area (Å²) in [6.07, 6.45) is 0. The standard InChI is InChI=1S/C16H11ClO4/c17-15(10-6-2-1-3-7-10)13(18)11-8-4-5-9-12(11)16(15,21)14(19)20/h1-9,21H,(H,19,20). The Hall–Kier alpha value is -2.17. The van der Waals surface area contributed by atoms with Gasteiger partial charge in [-0.3, -0.25) is 4.79 Å². The number of hydrogen-bond donors (Lipinski definition) is 2. The second-order valence-electron chi connectivity index (χ2n) is 4.91. The second-order valence-corrected chi connectivity index (χ2v) is 5.48. The minimum absolute atomic E-state index is 0.0151. The van der Waals surface area contributed by atoms with Crippen LogP contribution in [0.15, 0.2) is 54.6 Å². The van der Waals surface area contributed by atoms with Crippen molar-refractivity contribution in [2.24, 2.45) is 0 Å². The smallest absolute Gasteiger partial charge is 0.343 e. The Kier molecular flexibility index (Phi) is 2.90. The maximum Gasteiger partial charge on any atom is 0.343 e. The topological polar surface area (TPSA) is 74.6 Å². The van der Waals surface area contributed by atoms with Gasteiger partial charge in [0.2, 0.25) is 5.60 Å². The van der Waals surface area contributed by atoms with Crippen molar-refractivity contribution in [3.8, 4) is 0 Å². The average Bonchev–Trinajstić information content (AvgIpc) is 2.70. The second kappa shape index (κ2) is 4.41. The molecule has 4 nitrogen and oxygen atoms in total. The third-order valence-electron chi connectivity index (χ3n) is 3.85. The van der Waals surface area contributed by atoms with Gasteiger partial charge in [0.1, 0.15) is 0 Å². The van der Waals surface area contributed by atoms with Crippen molar-refractivity contribution in [1.29, 1.82) is 0 Å². The summed E-state index contributed by atoms with van der Waals surface area (Å²) >= 11 is 6.43. The predicted octanol–water partition coefficient (Wildman–Crippen LogP) is 2.29. The number of rotatable bonds is 2. The first-order valence-electron chi connectivity index (χ1n) is 6.28. The van der Waals surface area contributed by atoms with Crippen molar-refractivity contribution in [1.82, 2.24) is 0 Å². The van der Waals surface area contributed by atoms with Crippen LogP contribution in [0.2, 0.25) is 0 Å². The fraction of sp³-hybridized carbons (Fsp3) is 0.125. The van der Waals surface area contributed by atoms with E-state index in [2.05, 4.69) is 0 Å². The van der Waals surface area contributed by atoms with Crippen molar-refractivity contribution in [3.05, 3.63) is 71.3 Å². The molecule has 0 radical (unpaired) electrons. The fourth-order valence-corrected chi connectivity index (χ4v) is 3.21. The van der Waals surface area contributed by atoms with Crippen molar-refractivity contribution in [3.63, 3.8) is 0 Å². The third kappa shape index (κ3) is 1.54. The molecule has 0 aromatic heterocycles. The summed E-state index contributed by atoms with van der Waals surface area (Å²) in [6, 6.07) is 14.1. The van der Waals surface area contributed by atoms with Gasteiger partial charge in [0, 0.05) is 11.1 Å². The Bertz CT molecular complexity index is 743. The van der Waals surface area contributed by atoms with E-state index < -0.39 is 22.2 Å². The highest BCUT2D eigenvalue weighted by molar-refractivity contribution is 6.42. The summed E-state index contributed by atoms with van der Waals surface area (Å²) in [5.74, 6) is -2.17. The van der Waals surface area contributed by atoms with E-state index in [1.54, 1.807) is 30.3 Å². The highest BCUT2D eigenvalue weighted by Gasteiger charge is 2.67. The third-order valence-corrected chi connectivity index (χ3v) is 4.52. The van der Waals surface area contributed by atoms with Crippen LogP contribution in [0, 0.1) is 0 Å². The van der Waals surface area contributed by atoms with Gasteiger partial charge in [-0.25, -0.2) is 4.79 Å². The predicted molar refractivity (Wildman–Crippen MR) is 76.3 cm³/mol. The molecule has 21 heavy (non-hydrogen) atoms. The van der Waals surface area contributed by atoms with E-state index in [0.29, 0.717) is 0 Å². The van der Waals surface area contributed by atoms with Gasteiger partial charge in [-0.1, -0.05) is 54.6 Å². The van der Waals surface area contributed by atoms with Crippen LogP contribution in [0.5, 0.6) is 0 Å². The zero-order chi connectivity index (χ0) is 15.3. The molecule has 0 spiro atoms. The van der Waals surface area contributed by atoms with Gasteiger partial charge >= 0.3 is 5.97 Å². The summed E-state index contributed by atoms with van der Waals surface area (Å²) in [4.78, 5) is 22.3. The normalized spacial score (nSPS) is 27.4. The SMILES string of the molecule is O=C(O)C1(O)c2ccccc2C(=O)C1(Cl)c1ccccc1. The number of aliphatic hydroxyl groups is 1. The van der Waals surface area contributed by atoms with Crippen LogP contribution in [0.1, 0.15) is 21.5 Å². The fourth-order valence-electron chi connectivity index (χ4n) is 2.80. The maximum absolute atomic E-state index is 12.7. The molecule has 3 rings (SSSR count). The zero-order valence-corrected chi connectivity index (χ0v) is 11.5. The first-order valence-corrected chi connectivity index (χ1v) is 6.66. The summed E-state index contributed by atoms with van der Waals surface area (Å²) in [7, 11) is 0. The number of carboxylic acids is 1. The first-order chi connectivity index (χ1) is 9.94. The molecular formula is C16H11ClO4. The molecular weight excluding hydrogens is 292 g/mol. The lowest BCUT2D eigenvalue weighted by molar-refractivity contribution is -0.162. The minimum Gasteiger partial charge on any atom is -0.479 e. The van der Waals surface area contributed by atoms with E-state index in [0.717, 1.165) is 0 Å². The number of aliphatic carboxylic acids is 1. The van der Waals surface area contributed by atoms with Crippen LogP contribution in [-0.2, 0) is 15.3 Å². The van der Waals surface area contributed by atoms with E-state index in [4.69, 9.17) is 11.6 Å². The van der Waals surface area contributed by atoms with E-state index >= 15 is 0 Å². The van der Waals surface area contributed by atoms with Gasteiger partial charge in [-0.05, 0) is 5.56 Å². The number of carboxylic acid groups (broad SMARTS) is 1. The average molecular weight is 303 g/mol. The molecule has 0 aliphatic heterocycles. The lowest BCUT2D eigenvalue weighted by Gasteiger charge is -2.33. The summed E-state index contributed by atoms with van der Waals surface area (Å²) < 4.78 is 0. The summed E-state index contributed by atoms with van der Waals surface area (Å²) in [5.41, 5.74) is -2.12. The van der Waals surface area contributed by atoms with Crippen LogP contribution >= 0.6 is 11.6 Å². The van der Waals surface area contributed by atoms with E-state index in [9.17, 15) is 19.8 Å². The Morgan fingerprint density at radius 1 is 1.00 bits per heavy atom. The van der Waals surface area contributed by atoms with Crippen LogP contribution in [-0.4, -0.2) is 22.0 Å². The molecule has 2 aromatic rings. The number of ketones is 1. The first kappa shape index (κ1) is 13.8. The minimum atomic E-state index is -2.51. The van der Waals surface area contributed by atoms with Crippen molar-refractivity contribution < 1.29 is 19.8 Å². The van der Waals surface area contributed by atoms with Crippen LogP contribution < -0.4 is 0 Å². The summed E-state index contributed by atoms with van der Waals surface area (Å²) in [6.45, 7) is 0. The molecule has 2 N–H and O–H groups in total. The van der Waals surface area contributed by atoms with Gasteiger partial charge in [0.25, 0.3) is 0 Å². The van der Waals surface area contributed by atoms with E-state index in [1.807, 2.05) is 0 Å². The van der Waals surface area contributed by atoms with Crippen molar-refractivity contribution >= 4 is 23.4 Å². The number of halogens is 1. The molecule has 0 saturated carbocycles. The number of fused-ring (bicyclic) bond motifs is 1. The molecule has 0 amide bonds. The Labute approximate surface area is 125 Å². The molecule has 1 aliphatic rings. The van der Waals surface area contributed by atoms with Crippen molar-refractivity contribution in [2.75, 3.05) is 0 Å². The Morgan fingerprint density at radius 2 is 1.57 bits per heavy atom. The zero-order valence-electron chi connectivity index (χ0n) is 10.8. The number of benzene rings is 2. The van der Waals surface area contributed by atoms with Gasteiger partial charge in [-0.2, -0.15) is 0 Å². The molecule has 0 fully saturated rings. The van der Waals surface area contributed by atoms with Crippen LogP contribution in [0.25, 0.3) is 0 Å². The number of carbonyl (C=O) groups excluding carboxylic acids is 1. The van der Waals surface area contributed by atoms with Gasteiger partial charge in [-0.15, -0.1) is 11.6 Å². The highest BCUT2D eigenvalue weighted by atomic mass is 35.5. The number of alkyl halides is 1. The molecule has 0 saturated heterocycles. The molecule has 5 heteroatoms. The molecule has 0 bridgehead atoms. The molecule has 1 aliphatic carbocycles. The largest absolute Gasteiger partial charge is 0.479 e. The van der Waals surface area contributed by atoms with Gasteiger partial charge in [0.15, 0.2) is 10.7 Å². The monoisotopic (exact) mass is 302 g/mol. The Balaban J connectivity index is 2.37. The number of hydrogen-bond acceptors (Lipinski definition) is 3. The molecule has 0 heterocycles. The maximum atomic E-state index is 12.7. The molecule has 106 valence electrons. The lowest BCUT2D eigenvalue weighted by atomic mass is 9.81. The van der Waals surface area contributed by atoms with E-state index in [-0.39, 0.29) is 16.7 Å². The van der Waals surface area contributed by atoms with Crippen LogP contribution in [0.3, 0.4) is 0 Å². The van der Waals surface area contributed by atoms with Crippen molar-refractivity contribution in [2.45, 2.75) is 10.5 Å². The highest BCUT2D eigenvalue weighted by Crippen LogP contribution is 2.54. The van der Waals surface area contributed by atoms with E-state index in [1.165, 1.54) is 24.3 Å². The van der Waals surface area contributed by atoms with Gasteiger partial charge in [0.05, 0.1) is 0 Å². The number of carbonyl (C=O) groups is 2. The molecule has 2 unspecified atom stereocenters. The molecule has 2 atom stereocenters.